The molecule has 0 spiro atoms. The zero-order valence-electron chi connectivity index (χ0n) is 3.42. The Hall–Kier alpha value is 1.33. The SMILES string of the molecule is O=S(O)O.[Ca+2].[H+]. The molecule has 0 heterocycles. The first kappa shape index (κ1) is 9.59. The third-order valence-electron chi connectivity index (χ3n) is 0. The summed E-state index contributed by atoms with van der Waals surface area (Å²) in [6.07, 6.45) is 0. The number of rotatable bonds is 0. The quantitative estimate of drug-likeness (QED) is 0.334. The fourth-order valence-corrected chi connectivity index (χ4v) is 0. The summed E-state index contributed by atoms with van der Waals surface area (Å²) < 4.78 is 22.8. The Morgan fingerprint density at radius 1 is 1.60 bits per heavy atom. The van der Waals surface area contributed by atoms with Crippen LogP contribution in [0, 0.1) is 0 Å². The summed E-state index contributed by atoms with van der Waals surface area (Å²) in [7, 11) is 0. The minimum atomic E-state index is -2.61. The summed E-state index contributed by atoms with van der Waals surface area (Å²) in [6.45, 7) is 0. The Morgan fingerprint density at radius 2 is 1.60 bits per heavy atom. The standard InChI is InChI=1S/Ca.H2O3S/c;1-4(2)3/h;(H2,1,2,3)/q+2;/p+1. The van der Waals surface area contributed by atoms with E-state index in [9.17, 15) is 0 Å². The fraction of sp³-hybridized carbons (Fsp3) is 0. The van der Waals surface area contributed by atoms with Crippen molar-refractivity contribution in [3.8, 4) is 0 Å². The Labute approximate surface area is 63.4 Å². The predicted molar refractivity (Wildman–Crippen MR) is 20.3 cm³/mol. The van der Waals surface area contributed by atoms with Crippen LogP contribution in [0.4, 0.5) is 0 Å². The van der Waals surface area contributed by atoms with Crippen LogP contribution in [0.1, 0.15) is 1.43 Å². The Morgan fingerprint density at radius 3 is 1.60 bits per heavy atom. The molecule has 5 heteroatoms. The van der Waals surface area contributed by atoms with E-state index < -0.39 is 11.4 Å². The molecular weight excluding hydrogens is 120 g/mol. The molecular formula is H3CaO3S+3. The minimum absolute atomic E-state index is 0. The van der Waals surface area contributed by atoms with E-state index in [0.29, 0.717) is 0 Å². The van der Waals surface area contributed by atoms with E-state index in [0.717, 1.165) is 0 Å². The van der Waals surface area contributed by atoms with E-state index in [4.69, 9.17) is 13.3 Å². The molecule has 0 aromatic carbocycles. The summed E-state index contributed by atoms with van der Waals surface area (Å²) in [5.74, 6) is 0. The van der Waals surface area contributed by atoms with Crippen LogP contribution in [0.25, 0.3) is 0 Å². The number of hydrogen-bond donors (Lipinski definition) is 2. The van der Waals surface area contributed by atoms with Gasteiger partial charge in [0.25, 0.3) is 11.4 Å². The van der Waals surface area contributed by atoms with Crippen LogP contribution in [0.15, 0.2) is 0 Å². The molecule has 5 heavy (non-hydrogen) atoms. The average Bonchev–Trinajstić information content (AvgIpc) is 0.811. The Kier molecular flexibility index (Phi) is 10.2. The number of hydrogen-bond acceptors (Lipinski definition) is 1. The van der Waals surface area contributed by atoms with Gasteiger partial charge in [0.2, 0.25) is 0 Å². The first-order chi connectivity index (χ1) is 1.73. The smallest absolute Gasteiger partial charge is 0.284 e. The molecule has 0 saturated carbocycles. The van der Waals surface area contributed by atoms with Crippen molar-refractivity contribution in [1.29, 1.82) is 0 Å². The van der Waals surface area contributed by atoms with Crippen molar-refractivity contribution in [1.82, 2.24) is 0 Å². The molecule has 0 bridgehead atoms. The van der Waals surface area contributed by atoms with E-state index >= 15 is 0 Å². The molecule has 0 aliphatic carbocycles. The Balaban J connectivity index is -0.0000000450. The van der Waals surface area contributed by atoms with Gasteiger partial charge in [-0.15, -0.1) is 0 Å². The van der Waals surface area contributed by atoms with Gasteiger partial charge in [-0.05, 0) is 0 Å². The molecule has 0 atom stereocenters. The second kappa shape index (κ2) is 5.33. The molecule has 2 N–H and O–H groups in total. The normalized spacial score (nSPS) is 7.00. The van der Waals surface area contributed by atoms with E-state index in [1.54, 1.807) is 0 Å². The third-order valence-corrected chi connectivity index (χ3v) is 0. The predicted octanol–water partition coefficient (Wildman–Crippen LogP) is -0.587. The van der Waals surface area contributed by atoms with Gasteiger partial charge in [-0.1, -0.05) is 0 Å². The van der Waals surface area contributed by atoms with Gasteiger partial charge < -0.3 is 0 Å². The van der Waals surface area contributed by atoms with Crippen LogP contribution in [0.5, 0.6) is 0 Å². The molecule has 0 saturated heterocycles. The first-order valence-electron chi connectivity index (χ1n) is 0.532. The van der Waals surface area contributed by atoms with Gasteiger partial charge in [0, 0.05) is 0 Å². The summed E-state index contributed by atoms with van der Waals surface area (Å²) >= 11 is -2.61. The van der Waals surface area contributed by atoms with E-state index in [2.05, 4.69) is 0 Å². The molecule has 0 aliphatic rings. The van der Waals surface area contributed by atoms with Gasteiger partial charge in [-0.25, -0.2) is 0 Å². The van der Waals surface area contributed by atoms with Gasteiger partial charge in [0.15, 0.2) is 0 Å². The molecule has 0 aromatic rings. The van der Waals surface area contributed by atoms with Crippen molar-refractivity contribution >= 4 is 49.1 Å². The minimum Gasteiger partial charge on any atom is -0.284 e. The largest absolute Gasteiger partial charge is 2.00 e. The third kappa shape index (κ3) is 33.4. The van der Waals surface area contributed by atoms with Crippen LogP contribution < -0.4 is 0 Å². The maximum Gasteiger partial charge on any atom is 2.00 e. The van der Waals surface area contributed by atoms with Crippen LogP contribution in [0.2, 0.25) is 0 Å². The summed E-state index contributed by atoms with van der Waals surface area (Å²) in [5.41, 5.74) is 0. The molecule has 0 amide bonds. The second-order valence-corrected chi connectivity index (χ2v) is 0.692. The molecule has 0 unspecified atom stereocenters. The molecule has 0 radical (unpaired) electrons. The summed E-state index contributed by atoms with van der Waals surface area (Å²) in [6, 6.07) is 0. The van der Waals surface area contributed by atoms with Gasteiger partial charge in [-0.3, -0.25) is 9.11 Å². The van der Waals surface area contributed by atoms with Crippen LogP contribution >= 0.6 is 0 Å². The Bertz CT molecular complexity index is 33.8. The van der Waals surface area contributed by atoms with Crippen molar-refractivity contribution in [3.05, 3.63) is 0 Å². The van der Waals surface area contributed by atoms with Crippen molar-refractivity contribution in [2.45, 2.75) is 0 Å². The molecule has 26 valence electrons. The van der Waals surface area contributed by atoms with Crippen molar-refractivity contribution < 1.29 is 14.7 Å². The summed E-state index contributed by atoms with van der Waals surface area (Å²) in [4.78, 5) is 0. The van der Waals surface area contributed by atoms with Crippen LogP contribution in [-0.4, -0.2) is 51.1 Å². The van der Waals surface area contributed by atoms with Crippen molar-refractivity contribution in [2.24, 2.45) is 0 Å². The molecule has 0 fully saturated rings. The van der Waals surface area contributed by atoms with E-state index in [1.807, 2.05) is 0 Å². The molecule has 3 nitrogen and oxygen atoms in total. The summed E-state index contributed by atoms with van der Waals surface area (Å²) in [5, 5.41) is 0. The molecule has 0 aliphatic heterocycles. The van der Waals surface area contributed by atoms with Crippen LogP contribution in [0.3, 0.4) is 0 Å². The zero-order valence-corrected chi connectivity index (χ0v) is 5.44. The van der Waals surface area contributed by atoms with E-state index in [-0.39, 0.29) is 39.2 Å². The maximum atomic E-state index is 8.67. The van der Waals surface area contributed by atoms with Crippen LogP contribution in [-0.2, 0) is 11.4 Å². The monoisotopic (exact) mass is 123 g/mol. The van der Waals surface area contributed by atoms with Gasteiger partial charge in [0.05, 0.1) is 0 Å². The van der Waals surface area contributed by atoms with Gasteiger partial charge in [0.1, 0.15) is 0 Å². The van der Waals surface area contributed by atoms with Gasteiger partial charge >= 0.3 is 39.2 Å². The maximum absolute atomic E-state index is 8.67. The van der Waals surface area contributed by atoms with E-state index in [1.165, 1.54) is 0 Å². The van der Waals surface area contributed by atoms with Gasteiger partial charge in [-0.2, -0.15) is 4.21 Å². The molecule has 0 rings (SSSR count). The zero-order chi connectivity index (χ0) is 3.58. The topological polar surface area (TPSA) is 57.5 Å². The van der Waals surface area contributed by atoms with Crippen molar-refractivity contribution in [3.63, 3.8) is 0 Å². The second-order valence-electron chi connectivity index (χ2n) is 0.231. The van der Waals surface area contributed by atoms with Crippen molar-refractivity contribution in [2.75, 3.05) is 0 Å². The average molecular weight is 123 g/mol. The first-order valence-corrected chi connectivity index (χ1v) is 1.60. The fourth-order valence-electron chi connectivity index (χ4n) is 0. The molecule has 0 aromatic heterocycles.